The van der Waals surface area contributed by atoms with Gasteiger partial charge in [-0.25, -0.2) is 0 Å². The van der Waals surface area contributed by atoms with Gasteiger partial charge in [-0.1, -0.05) is 68.4 Å². The number of nitrogens with zero attached hydrogens (tertiary/aromatic N) is 1. The number of benzene rings is 2. The molecule has 5 heteroatoms. The normalized spacial score (nSPS) is 16.5. The Bertz CT molecular complexity index is 1140. The zero-order valence-electron chi connectivity index (χ0n) is 17.8. The number of carbonyl (C=O) groups is 2. The number of aliphatic hydroxyl groups excluding tert-OH is 1. The summed E-state index contributed by atoms with van der Waals surface area (Å²) in [6.45, 7) is 6.23. The Balaban J connectivity index is 1.79. The smallest absolute Gasteiger partial charge is 0.290 e. The van der Waals surface area contributed by atoms with Crippen LogP contribution in [-0.2, 0) is 11.3 Å². The van der Waals surface area contributed by atoms with Gasteiger partial charge >= 0.3 is 0 Å². The van der Waals surface area contributed by atoms with Gasteiger partial charge in [0.2, 0.25) is 5.78 Å². The first kappa shape index (κ1) is 20.7. The fourth-order valence-corrected chi connectivity index (χ4v) is 3.93. The van der Waals surface area contributed by atoms with E-state index in [9.17, 15) is 14.7 Å². The van der Waals surface area contributed by atoms with E-state index >= 15 is 0 Å². The highest BCUT2D eigenvalue weighted by Crippen LogP contribution is 2.40. The van der Waals surface area contributed by atoms with Gasteiger partial charge in [0.15, 0.2) is 11.5 Å². The third kappa shape index (κ3) is 3.91. The molecule has 2 heterocycles. The molecule has 1 aromatic heterocycles. The lowest BCUT2D eigenvalue weighted by atomic mass is 9.92. The minimum absolute atomic E-state index is 0.0487. The number of amides is 1. The minimum Gasteiger partial charge on any atom is -0.503 e. The molecule has 1 aliphatic rings. The molecule has 0 fully saturated rings. The largest absolute Gasteiger partial charge is 0.503 e. The number of carbonyl (C=O) groups excluding carboxylic acids is 2. The molecule has 0 radical (unpaired) electrons. The van der Waals surface area contributed by atoms with Crippen molar-refractivity contribution in [1.29, 1.82) is 0 Å². The predicted octanol–water partition coefficient (Wildman–Crippen LogP) is 5.49. The second kappa shape index (κ2) is 8.26. The quantitative estimate of drug-likeness (QED) is 0.541. The van der Waals surface area contributed by atoms with Gasteiger partial charge in [-0.05, 0) is 41.7 Å². The molecule has 1 unspecified atom stereocenters. The van der Waals surface area contributed by atoms with Gasteiger partial charge in [0, 0.05) is 6.54 Å². The lowest BCUT2D eigenvalue weighted by Crippen LogP contribution is -2.30. The molecule has 158 valence electrons. The van der Waals surface area contributed by atoms with Gasteiger partial charge in [-0.2, -0.15) is 0 Å². The molecule has 1 amide bonds. The zero-order valence-corrected chi connectivity index (χ0v) is 17.8. The van der Waals surface area contributed by atoms with Crippen LogP contribution >= 0.6 is 0 Å². The number of furan rings is 1. The van der Waals surface area contributed by atoms with Crippen LogP contribution in [0.1, 0.15) is 58.8 Å². The van der Waals surface area contributed by atoms with E-state index in [-0.39, 0.29) is 17.9 Å². The second-order valence-corrected chi connectivity index (χ2v) is 8.14. The summed E-state index contributed by atoms with van der Waals surface area (Å²) in [5.74, 6) is -0.506. The number of Topliss-reactive ketones (excluding diaryl/α,β-unsaturated/α-hetero) is 1. The molecule has 1 N–H and O–H groups in total. The monoisotopic (exact) mass is 415 g/mol. The van der Waals surface area contributed by atoms with Crippen molar-refractivity contribution in [2.24, 2.45) is 0 Å². The molecule has 2 aromatic carbocycles. The van der Waals surface area contributed by atoms with Crippen molar-refractivity contribution < 1.29 is 19.1 Å². The van der Waals surface area contributed by atoms with Crippen molar-refractivity contribution in [2.45, 2.75) is 39.3 Å². The minimum atomic E-state index is -0.702. The summed E-state index contributed by atoms with van der Waals surface area (Å²) >= 11 is 0. The molecule has 0 aliphatic carbocycles. The van der Waals surface area contributed by atoms with Crippen LogP contribution in [0.25, 0.3) is 0 Å². The number of ketones is 1. The Morgan fingerprint density at radius 1 is 1.03 bits per heavy atom. The standard InChI is InChI=1S/C26H25NO4/c1-16(2)19-10-12-20(13-11-19)23-22(24(28)21-14-9-17(3)31-21)25(29)26(30)27(23)15-18-7-5-4-6-8-18/h4-14,16,23,29H,15H2,1-3H3. The summed E-state index contributed by atoms with van der Waals surface area (Å²) in [5.41, 5.74) is 2.89. The van der Waals surface area contributed by atoms with Gasteiger partial charge in [-0.15, -0.1) is 0 Å². The summed E-state index contributed by atoms with van der Waals surface area (Å²) in [6, 6.07) is 19.9. The fraction of sp³-hybridized carbons (Fsp3) is 0.231. The Hall–Kier alpha value is -3.60. The second-order valence-electron chi connectivity index (χ2n) is 8.14. The summed E-state index contributed by atoms with van der Waals surface area (Å²) in [7, 11) is 0. The molecule has 4 rings (SSSR count). The average molecular weight is 415 g/mol. The Morgan fingerprint density at radius 3 is 2.29 bits per heavy atom. The van der Waals surface area contributed by atoms with Crippen molar-refractivity contribution in [2.75, 3.05) is 0 Å². The van der Waals surface area contributed by atoms with Crippen molar-refractivity contribution in [3.05, 3.63) is 106 Å². The molecule has 0 bridgehead atoms. The number of hydrogen-bond acceptors (Lipinski definition) is 4. The van der Waals surface area contributed by atoms with Crippen LogP contribution in [0.5, 0.6) is 0 Å². The maximum atomic E-state index is 13.3. The van der Waals surface area contributed by atoms with E-state index in [1.165, 1.54) is 4.90 Å². The molecule has 1 aliphatic heterocycles. The van der Waals surface area contributed by atoms with Crippen LogP contribution in [0.4, 0.5) is 0 Å². The maximum Gasteiger partial charge on any atom is 0.290 e. The van der Waals surface area contributed by atoms with E-state index in [0.29, 0.717) is 11.7 Å². The van der Waals surface area contributed by atoms with E-state index in [1.807, 2.05) is 54.6 Å². The molecule has 1 atom stereocenters. The third-order valence-corrected chi connectivity index (χ3v) is 5.63. The zero-order chi connectivity index (χ0) is 22.1. The van der Waals surface area contributed by atoms with E-state index in [1.54, 1.807) is 19.1 Å². The fourth-order valence-electron chi connectivity index (χ4n) is 3.93. The van der Waals surface area contributed by atoms with Crippen molar-refractivity contribution in [3.8, 4) is 0 Å². The molecule has 0 saturated heterocycles. The van der Waals surface area contributed by atoms with Crippen molar-refractivity contribution in [3.63, 3.8) is 0 Å². The number of aryl methyl sites for hydroxylation is 1. The Morgan fingerprint density at radius 2 is 1.71 bits per heavy atom. The molecule has 31 heavy (non-hydrogen) atoms. The Kier molecular flexibility index (Phi) is 5.51. The van der Waals surface area contributed by atoms with Gasteiger partial charge in [-0.3, -0.25) is 9.59 Å². The van der Waals surface area contributed by atoms with E-state index < -0.39 is 23.5 Å². The lowest BCUT2D eigenvalue weighted by Gasteiger charge is -2.27. The summed E-state index contributed by atoms with van der Waals surface area (Å²) in [6.07, 6.45) is 0. The molecule has 0 saturated carbocycles. The third-order valence-electron chi connectivity index (χ3n) is 5.63. The molecular weight excluding hydrogens is 390 g/mol. The van der Waals surface area contributed by atoms with Gasteiger partial charge in [0.05, 0.1) is 11.6 Å². The molecular formula is C26H25NO4. The van der Waals surface area contributed by atoms with Crippen LogP contribution in [0.3, 0.4) is 0 Å². The van der Waals surface area contributed by atoms with Crippen LogP contribution in [0.2, 0.25) is 0 Å². The first-order valence-electron chi connectivity index (χ1n) is 10.4. The highest BCUT2D eigenvalue weighted by atomic mass is 16.3. The average Bonchev–Trinajstić information content (AvgIpc) is 3.31. The lowest BCUT2D eigenvalue weighted by molar-refractivity contribution is -0.130. The molecule has 3 aromatic rings. The van der Waals surface area contributed by atoms with Gasteiger partial charge in [0.1, 0.15) is 5.76 Å². The number of aliphatic hydroxyl groups is 1. The van der Waals surface area contributed by atoms with Crippen LogP contribution in [-0.4, -0.2) is 21.7 Å². The number of rotatable bonds is 6. The van der Waals surface area contributed by atoms with E-state index in [0.717, 1.165) is 16.7 Å². The van der Waals surface area contributed by atoms with Gasteiger partial charge < -0.3 is 14.4 Å². The number of hydrogen-bond donors (Lipinski definition) is 1. The van der Waals surface area contributed by atoms with Crippen LogP contribution in [0, 0.1) is 6.92 Å². The van der Waals surface area contributed by atoms with Crippen molar-refractivity contribution >= 4 is 11.7 Å². The predicted molar refractivity (Wildman–Crippen MR) is 118 cm³/mol. The molecule has 5 nitrogen and oxygen atoms in total. The topological polar surface area (TPSA) is 70.8 Å². The van der Waals surface area contributed by atoms with Crippen LogP contribution < -0.4 is 0 Å². The van der Waals surface area contributed by atoms with Crippen LogP contribution in [0.15, 0.2) is 82.5 Å². The van der Waals surface area contributed by atoms with E-state index in [4.69, 9.17) is 4.42 Å². The first-order valence-corrected chi connectivity index (χ1v) is 10.4. The van der Waals surface area contributed by atoms with Gasteiger partial charge in [0.25, 0.3) is 5.91 Å². The maximum absolute atomic E-state index is 13.3. The summed E-state index contributed by atoms with van der Waals surface area (Å²) in [5, 5.41) is 10.7. The SMILES string of the molecule is Cc1ccc(C(=O)C2=C(O)C(=O)N(Cc3ccccc3)C2c2ccc(C(C)C)cc2)o1. The van der Waals surface area contributed by atoms with E-state index in [2.05, 4.69) is 13.8 Å². The highest BCUT2D eigenvalue weighted by molar-refractivity contribution is 6.15. The van der Waals surface area contributed by atoms with Crippen molar-refractivity contribution in [1.82, 2.24) is 4.90 Å². The Labute approximate surface area is 181 Å². The summed E-state index contributed by atoms with van der Waals surface area (Å²) in [4.78, 5) is 27.9. The first-order chi connectivity index (χ1) is 14.9. The summed E-state index contributed by atoms with van der Waals surface area (Å²) < 4.78 is 5.50. The molecule has 0 spiro atoms. The highest BCUT2D eigenvalue weighted by Gasteiger charge is 2.44.